The molecule has 0 aromatic heterocycles. The van der Waals surface area contributed by atoms with Crippen molar-refractivity contribution in [1.82, 2.24) is 5.32 Å². The van der Waals surface area contributed by atoms with Crippen molar-refractivity contribution < 1.29 is 24.5 Å². The molecule has 0 heterocycles. The molecule has 0 saturated heterocycles. The summed E-state index contributed by atoms with van der Waals surface area (Å²) in [4.78, 5) is 24.5. The van der Waals surface area contributed by atoms with Gasteiger partial charge in [-0.3, -0.25) is 9.59 Å². The number of carbonyl (C=O) groups is 2. The number of rotatable bonds is 64. The average Bonchev–Trinajstić information content (AvgIpc) is 3.42. The van der Waals surface area contributed by atoms with Gasteiger partial charge in [-0.2, -0.15) is 0 Å². The van der Waals surface area contributed by atoms with Crippen molar-refractivity contribution in [2.24, 2.45) is 0 Å². The zero-order valence-corrected chi connectivity index (χ0v) is 51.3. The lowest BCUT2D eigenvalue weighted by atomic mass is 10.0. The normalized spacial score (nSPS) is 12.7. The van der Waals surface area contributed by atoms with E-state index in [1.807, 2.05) is 0 Å². The van der Waals surface area contributed by atoms with Crippen LogP contribution in [0, 0.1) is 0 Å². The van der Waals surface area contributed by atoms with Gasteiger partial charge >= 0.3 is 5.97 Å². The standard InChI is InChI=1S/C70H133NO5/c1-3-5-7-9-11-13-15-16-41-44-48-52-56-60-64-70(75)76-65-61-57-53-49-45-42-39-37-35-33-31-29-27-25-23-21-19-17-18-20-22-24-26-28-30-32-34-36-38-40-43-47-51-55-59-63-69(74)71-67(66-72)68(73)62-58-54-50-46-14-12-10-8-6-4-2/h9,11,15-16,19,21,67-68,72-73H,3-8,10,12-14,17-18,20,22-66H2,1-2H3,(H,71,74)/b11-9-,16-15-,21-19-. The summed E-state index contributed by atoms with van der Waals surface area (Å²) in [6, 6.07) is -0.537. The molecule has 0 aliphatic heterocycles. The van der Waals surface area contributed by atoms with E-state index >= 15 is 0 Å². The molecule has 2 atom stereocenters. The molecular formula is C70H133NO5. The average molecular weight is 1070 g/mol. The van der Waals surface area contributed by atoms with Gasteiger partial charge in [-0.15, -0.1) is 0 Å². The van der Waals surface area contributed by atoms with Crippen LogP contribution in [-0.2, 0) is 14.3 Å². The number of allylic oxidation sites excluding steroid dienone is 6. The van der Waals surface area contributed by atoms with Gasteiger partial charge in [0.05, 0.1) is 25.4 Å². The third kappa shape index (κ3) is 61.3. The lowest BCUT2D eigenvalue weighted by Gasteiger charge is -2.22. The Bertz CT molecular complexity index is 1230. The van der Waals surface area contributed by atoms with Crippen molar-refractivity contribution in [3.05, 3.63) is 36.5 Å². The Morgan fingerprint density at radius 3 is 1.05 bits per heavy atom. The van der Waals surface area contributed by atoms with Crippen LogP contribution in [0.5, 0.6) is 0 Å². The van der Waals surface area contributed by atoms with Crippen LogP contribution >= 0.6 is 0 Å². The molecule has 0 saturated carbocycles. The highest BCUT2D eigenvalue weighted by atomic mass is 16.5. The van der Waals surface area contributed by atoms with Gasteiger partial charge in [0, 0.05) is 12.8 Å². The minimum Gasteiger partial charge on any atom is -0.466 e. The predicted molar refractivity (Wildman–Crippen MR) is 333 cm³/mol. The first-order valence-electron chi connectivity index (χ1n) is 34.2. The maximum atomic E-state index is 12.4. The van der Waals surface area contributed by atoms with Crippen LogP contribution in [0.3, 0.4) is 0 Å². The first-order valence-corrected chi connectivity index (χ1v) is 34.2. The lowest BCUT2D eigenvalue weighted by Crippen LogP contribution is -2.45. The molecule has 0 aliphatic carbocycles. The van der Waals surface area contributed by atoms with Crippen molar-refractivity contribution in [3.8, 4) is 0 Å². The second-order valence-electron chi connectivity index (χ2n) is 23.5. The Labute approximate surface area is 474 Å². The second kappa shape index (κ2) is 65.6. The third-order valence-corrected chi connectivity index (χ3v) is 15.9. The van der Waals surface area contributed by atoms with E-state index in [-0.39, 0.29) is 18.5 Å². The highest BCUT2D eigenvalue weighted by Crippen LogP contribution is 2.18. The molecule has 0 bridgehead atoms. The molecule has 448 valence electrons. The summed E-state index contributed by atoms with van der Waals surface area (Å²) in [5.41, 5.74) is 0. The van der Waals surface area contributed by atoms with Gasteiger partial charge in [0.25, 0.3) is 0 Å². The number of hydrogen-bond donors (Lipinski definition) is 3. The molecule has 0 rings (SSSR count). The summed E-state index contributed by atoms with van der Waals surface area (Å²) in [6.45, 7) is 4.91. The number of aliphatic hydroxyl groups excluding tert-OH is 2. The summed E-state index contributed by atoms with van der Waals surface area (Å²) in [7, 11) is 0. The van der Waals surface area contributed by atoms with E-state index in [1.165, 1.54) is 289 Å². The van der Waals surface area contributed by atoms with Gasteiger partial charge in [0.2, 0.25) is 5.91 Å². The molecular weight excluding hydrogens is 935 g/mol. The van der Waals surface area contributed by atoms with E-state index in [0.717, 1.165) is 51.4 Å². The van der Waals surface area contributed by atoms with Gasteiger partial charge in [0.1, 0.15) is 0 Å². The molecule has 0 fully saturated rings. The molecule has 6 nitrogen and oxygen atoms in total. The highest BCUT2D eigenvalue weighted by molar-refractivity contribution is 5.76. The fourth-order valence-electron chi connectivity index (χ4n) is 10.7. The summed E-state index contributed by atoms with van der Waals surface area (Å²) < 4.78 is 5.48. The Morgan fingerprint density at radius 2 is 0.671 bits per heavy atom. The first kappa shape index (κ1) is 74.1. The number of esters is 1. The second-order valence-corrected chi connectivity index (χ2v) is 23.5. The molecule has 0 aliphatic rings. The summed E-state index contributed by atoms with van der Waals surface area (Å²) in [5, 5.41) is 23.2. The van der Waals surface area contributed by atoms with E-state index in [0.29, 0.717) is 25.9 Å². The minimum atomic E-state index is -0.660. The molecule has 1 amide bonds. The molecule has 3 N–H and O–H groups in total. The number of hydrogen-bond acceptors (Lipinski definition) is 5. The molecule has 6 heteroatoms. The molecule has 2 unspecified atom stereocenters. The van der Waals surface area contributed by atoms with Crippen molar-refractivity contribution >= 4 is 11.9 Å². The number of ether oxygens (including phenoxy) is 1. The van der Waals surface area contributed by atoms with Crippen LogP contribution in [-0.4, -0.2) is 47.4 Å². The minimum absolute atomic E-state index is 0.00558. The Balaban J connectivity index is 3.32. The largest absolute Gasteiger partial charge is 0.466 e. The molecule has 76 heavy (non-hydrogen) atoms. The molecule has 0 spiro atoms. The predicted octanol–water partition coefficient (Wildman–Crippen LogP) is 21.9. The molecule has 0 aromatic carbocycles. The highest BCUT2D eigenvalue weighted by Gasteiger charge is 2.20. The van der Waals surface area contributed by atoms with E-state index in [9.17, 15) is 19.8 Å². The third-order valence-electron chi connectivity index (χ3n) is 15.9. The van der Waals surface area contributed by atoms with E-state index in [1.54, 1.807) is 0 Å². The summed E-state index contributed by atoms with van der Waals surface area (Å²) in [5.74, 6) is -0.0261. The van der Waals surface area contributed by atoms with Gasteiger partial charge in [-0.05, 0) is 77.0 Å². The van der Waals surface area contributed by atoms with Crippen LogP contribution in [0.15, 0.2) is 36.5 Å². The SMILES string of the molecule is CCCC/C=C\C/C=C\CCCCCCCC(=O)OCCCCCCCCCCCCCCCC/C=C\CCCCCCCCCCCCCCCCCCCC(=O)NC(CO)C(O)CCCCCCCCCCCC. The Morgan fingerprint density at radius 1 is 0.368 bits per heavy atom. The van der Waals surface area contributed by atoms with Crippen LogP contribution in [0.1, 0.15) is 373 Å². The van der Waals surface area contributed by atoms with Gasteiger partial charge < -0.3 is 20.3 Å². The van der Waals surface area contributed by atoms with Crippen molar-refractivity contribution in [1.29, 1.82) is 0 Å². The van der Waals surface area contributed by atoms with Gasteiger partial charge in [0.15, 0.2) is 0 Å². The van der Waals surface area contributed by atoms with E-state index in [4.69, 9.17) is 4.74 Å². The first-order chi connectivity index (χ1) is 37.5. The quantitative estimate of drug-likeness (QED) is 0.0320. The Hall–Kier alpha value is -1.92. The van der Waals surface area contributed by atoms with E-state index in [2.05, 4.69) is 55.6 Å². The molecule has 0 aromatic rings. The van der Waals surface area contributed by atoms with E-state index < -0.39 is 12.1 Å². The van der Waals surface area contributed by atoms with Crippen molar-refractivity contribution in [2.75, 3.05) is 13.2 Å². The number of unbranched alkanes of at least 4 members (excludes halogenated alkanes) is 47. The van der Waals surface area contributed by atoms with Crippen molar-refractivity contribution in [3.63, 3.8) is 0 Å². The smallest absolute Gasteiger partial charge is 0.305 e. The number of nitrogens with one attached hydrogen (secondary N) is 1. The fraction of sp³-hybridized carbons (Fsp3) is 0.886. The topological polar surface area (TPSA) is 95.9 Å². The Kier molecular flexibility index (Phi) is 63.9. The monoisotopic (exact) mass is 1070 g/mol. The van der Waals surface area contributed by atoms with Crippen LogP contribution in [0.4, 0.5) is 0 Å². The maximum absolute atomic E-state index is 12.4. The van der Waals surface area contributed by atoms with Crippen LogP contribution in [0.25, 0.3) is 0 Å². The van der Waals surface area contributed by atoms with Crippen molar-refractivity contribution in [2.45, 2.75) is 386 Å². The summed E-state index contributed by atoms with van der Waals surface area (Å²) >= 11 is 0. The lowest BCUT2D eigenvalue weighted by molar-refractivity contribution is -0.143. The van der Waals surface area contributed by atoms with Crippen LogP contribution in [0.2, 0.25) is 0 Å². The maximum Gasteiger partial charge on any atom is 0.305 e. The number of amides is 1. The zero-order chi connectivity index (χ0) is 55.0. The van der Waals surface area contributed by atoms with Crippen LogP contribution < -0.4 is 5.32 Å². The molecule has 0 radical (unpaired) electrons. The fourth-order valence-corrected chi connectivity index (χ4v) is 10.7. The van der Waals surface area contributed by atoms with Gasteiger partial charge in [-0.1, -0.05) is 320 Å². The zero-order valence-electron chi connectivity index (χ0n) is 51.3. The van der Waals surface area contributed by atoms with Gasteiger partial charge in [-0.25, -0.2) is 0 Å². The number of carbonyl (C=O) groups excluding carboxylic acids is 2. The summed E-state index contributed by atoms with van der Waals surface area (Å²) in [6.07, 6.45) is 83.5. The number of aliphatic hydroxyl groups is 2.